The summed E-state index contributed by atoms with van der Waals surface area (Å²) in [6.07, 6.45) is 2.88. The number of pyridine rings is 1. The quantitative estimate of drug-likeness (QED) is 0.772. The van der Waals surface area contributed by atoms with E-state index in [0.29, 0.717) is 0 Å². The Labute approximate surface area is 157 Å². The Kier molecular flexibility index (Phi) is 5.71. The van der Waals surface area contributed by atoms with Crippen molar-refractivity contribution in [1.82, 2.24) is 20.1 Å². The molecular weight excluding hydrogens is 360 g/mol. The van der Waals surface area contributed by atoms with Crippen molar-refractivity contribution in [2.24, 2.45) is 0 Å². The third-order valence-electron chi connectivity index (χ3n) is 4.09. The van der Waals surface area contributed by atoms with Crippen LogP contribution in [-0.4, -0.2) is 47.1 Å². The standard InChI is InChI=1S/C17H21ClN4S2/c1-21(2)10-5-11-22-16(13-7-8-14(18)24-13)15(20-17(22)23)12-6-3-4-9-19-12/h3-4,6-9,15-16H,5,10-11H2,1-2H3,(H,20,23)/t15-,16-/m0/s1. The second kappa shape index (κ2) is 7.78. The minimum absolute atomic E-state index is 0.0489. The van der Waals surface area contributed by atoms with Crippen molar-refractivity contribution in [3.63, 3.8) is 0 Å². The van der Waals surface area contributed by atoms with E-state index in [4.69, 9.17) is 23.8 Å². The minimum atomic E-state index is 0.0489. The first-order valence-corrected chi connectivity index (χ1v) is 9.54. The molecule has 2 atom stereocenters. The molecule has 1 N–H and O–H groups in total. The molecule has 0 unspecified atom stereocenters. The van der Waals surface area contributed by atoms with Gasteiger partial charge in [-0.05, 0) is 63.5 Å². The van der Waals surface area contributed by atoms with Crippen molar-refractivity contribution in [2.75, 3.05) is 27.2 Å². The molecule has 4 nitrogen and oxygen atoms in total. The maximum Gasteiger partial charge on any atom is 0.170 e. The predicted octanol–water partition coefficient (Wildman–Crippen LogP) is 3.72. The Hall–Kier alpha value is -1.21. The lowest BCUT2D eigenvalue weighted by Gasteiger charge is -2.27. The number of thiocarbonyl (C=S) groups is 1. The zero-order valence-electron chi connectivity index (χ0n) is 13.8. The second-order valence-electron chi connectivity index (χ2n) is 6.12. The Morgan fingerprint density at radius 1 is 1.33 bits per heavy atom. The van der Waals surface area contributed by atoms with Crippen molar-refractivity contribution < 1.29 is 0 Å². The summed E-state index contributed by atoms with van der Waals surface area (Å²) in [5.41, 5.74) is 1.00. The summed E-state index contributed by atoms with van der Waals surface area (Å²) in [4.78, 5) is 10.2. The first-order chi connectivity index (χ1) is 11.6. The van der Waals surface area contributed by atoms with Gasteiger partial charge in [-0.25, -0.2) is 0 Å². The number of halogens is 1. The molecule has 3 rings (SSSR count). The molecule has 1 aliphatic heterocycles. The van der Waals surface area contributed by atoms with E-state index in [2.05, 4.69) is 40.3 Å². The minimum Gasteiger partial charge on any atom is -0.352 e. The third kappa shape index (κ3) is 3.88. The fourth-order valence-corrected chi connectivity index (χ4v) is 4.54. The second-order valence-corrected chi connectivity index (χ2v) is 8.25. The largest absolute Gasteiger partial charge is 0.352 e. The van der Waals surface area contributed by atoms with Crippen LogP contribution in [0.25, 0.3) is 0 Å². The van der Waals surface area contributed by atoms with Gasteiger partial charge in [-0.2, -0.15) is 0 Å². The number of hydrogen-bond donors (Lipinski definition) is 1. The van der Waals surface area contributed by atoms with Gasteiger partial charge < -0.3 is 15.1 Å². The lowest BCUT2D eigenvalue weighted by Crippen LogP contribution is -2.32. The van der Waals surface area contributed by atoms with E-state index in [9.17, 15) is 0 Å². The summed E-state index contributed by atoms with van der Waals surface area (Å²) in [5, 5.41) is 4.25. The fraction of sp³-hybridized carbons (Fsp3) is 0.412. The molecule has 128 valence electrons. The Morgan fingerprint density at radius 3 is 2.79 bits per heavy atom. The van der Waals surface area contributed by atoms with Gasteiger partial charge in [0.1, 0.15) is 0 Å². The van der Waals surface area contributed by atoms with Crippen LogP contribution in [-0.2, 0) is 0 Å². The highest BCUT2D eigenvalue weighted by molar-refractivity contribution is 7.80. The first-order valence-electron chi connectivity index (χ1n) is 7.94. The Balaban J connectivity index is 1.88. The Bertz CT molecular complexity index is 689. The summed E-state index contributed by atoms with van der Waals surface area (Å²) in [5.74, 6) is 0. The van der Waals surface area contributed by atoms with Crippen LogP contribution < -0.4 is 5.32 Å². The highest BCUT2D eigenvalue weighted by atomic mass is 35.5. The van der Waals surface area contributed by atoms with Gasteiger partial charge in [0.05, 0.1) is 22.1 Å². The SMILES string of the molecule is CN(C)CCCN1C(=S)N[C@@H](c2ccccn2)[C@@H]1c1ccc(Cl)s1. The lowest BCUT2D eigenvalue weighted by atomic mass is 10.0. The Morgan fingerprint density at radius 2 is 2.17 bits per heavy atom. The summed E-state index contributed by atoms with van der Waals surface area (Å²) in [6.45, 7) is 1.94. The monoisotopic (exact) mass is 380 g/mol. The molecule has 1 aliphatic rings. The van der Waals surface area contributed by atoms with Gasteiger partial charge >= 0.3 is 0 Å². The number of aromatic nitrogens is 1. The summed E-state index contributed by atoms with van der Waals surface area (Å²) in [7, 11) is 4.18. The highest BCUT2D eigenvalue weighted by Gasteiger charge is 2.40. The number of nitrogens with zero attached hydrogens (tertiary/aromatic N) is 3. The number of hydrogen-bond acceptors (Lipinski definition) is 4. The van der Waals surface area contributed by atoms with E-state index in [-0.39, 0.29) is 12.1 Å². The third-order valence-corrected chi connectivity index (χ3v) is 5.74. The van der Waals surface area contributed by atoms with Gasteiger partial charge in [-0.3, -0.25) is 4.98 Å². The average Bonchev–Trinajstić information content (AvgIpc) is 3.12. The first kappa shape index (κ1) is 17.6. The van der Waals surface area contributed by atoms with Crippen molar-refractivity contribution in [2.45, 2.75) is 18.5 Å². The lowest BCUT2D eigenvalue weighted by molar-refractivity contribution is 0.296. The zero-order valence-corrected chi connectivity index (χ0v) is 16.2. The molecule has 24 heavy (non-hydrogen) atoms. The van der Waals surface area contributed by atoms with Crippen LogP contribution in [0, 0.1) is 0 Å². The van der Waals surface area contributed by atoms with E-state index in [1.165, 1.54) is 4.88 Å². The molecule has 0 spiro atoms. The van der Waals surface area contributed by atoms with Crippen LogP contribution in [0.5, 0.6) is 0 Å². The van der Waals surface area contributed by atoms with Crippen LogP contribution >= 0.6 is 35.2 Å². The van der Waals surface area contributed by atoms with Crippen molar-refractivity contribution in [1.29, 1.82) is 0 Å². The van der Waals surface area contributed by atoms with Gasteiger partial charge in [0.2, 0.25) is 0 Å². The molecule has 0 aliphatic carbocycles. The summed E-state index contributed by atoms with van der Waals surface area (Å²) in [6, 6.07) is 10.2. The fourth-order valence-electron chi connectivity index (χ4n) is 3.00. The van der Waals surface area contributed by atoms with Crippen LogP contribution in [0.15, 0.2) is 36.5 Å². The molecular formula is C17H21ClN4S2. The van der Waals surface area contributed by atoms with E-state index in [1.807, 2.05) is 30.5 Å². The van der Waals surface area contributed by atoms with Gasteiger partial charge in [-0.15, -0.1) is 11.3 Å². The van der Waals surface area contributed by atoms with E-state index >= 15 is 0 Å². The molecule has 1 saturated heterocycles. The summed E-state index contributed by atoms with van der Waals surface area (Å²) >= 11 is 13.4. The average molecular weight is 381 g/mol. The van der Waals surface area contributed by atoms with Gasteiger partial charge in [0.15, 0.2) is 5.11 Å². The van der Waals surface area contributed by atoms with Crippen molar-refractivity contribution in [3.8, 4) is 0 Å². The van der Waals surface area contributed by atoms with E-state index in [1.54, 1.807) is 11.3 Å². The normalized spacial score (nSPS) is 20.7. The maximum absolute atomic E-state index is 6.19. The molecule has 3 heterocycles. The molecule has 0 saturated carbocycles. The van der Waals surface area contributed by atoms with Crippen LogP contribution in [0.4, 0.5) is 0 Å². The van der Waals surface area contributed by atoms with E-state index < -0.39 is 0 Å². The van der Waals surface area contributed by atoms with Gasteiger partial charge in [0.25, 0.3) is 0 Å². The zero-order chi connectivity index (χ0) is 17.1. The number of nitrogens with one attached hydrogen (secondary N) is 1. The van der Waals surface area contributed by atoms with Gasteiger partial charge in [0, 0.05) is 17.6 Å². The smallest absolute Gasteiger partial charge is 0.170 e. The molecule has 1 fully saturated rings. The highest BCUT2D eigenvalue weighted by Crippen LogP contribution is 2.42. The maximum atomic E-state index is 6.19. The molecule has 2 aromatic heterocycles. The molecule has 0 amide bonds. The van der Waals surface area contributed by atoms with Crippen LogP contribution in [0.3, 0.4) is 0 Å². The number of rotatable bonds is 6. The van der Waals surface area contributed by atoms with Crippen molar-refractivity contribution >= 4 is 40.3 Å². The molecule has 0 aromatic carbocycles. The predicted molar refractivity (Wildman–Crippen MR) is 105 cm³/mol. The molecule has 0 radical (unpaired) electrons. The van der Waals surface area contributed by atoms with Crippen LogP contribution in [0.2, 0.25) is 4.34 Å². The molecule has 7 heteroatoms. The van der Waals surface area contributed by atoms with Gasteiger partial charge in [-0.1, -0.05) is 17.7 Å². The van der Waals surface area contributed by atoms with Crippen LogP contribution in [0.1, 0.15) is 29.1 Å². The van der Waals surface area contributed by atoms with Crippen molar-refractivity contribution in [3.05, 3.63) is 51.4 Å². The molecule has 0 bridgehead atoms. The number of thiophene rings is 1. The molecule has 2 aromatic rings. The van der Waals surface area contributed by atoms with E-state index in [0.717, 1.165) is 34.7 Å². The topological polar surface area (TPSA) is 31.4 Å². The summed E-state index contributed by atoms with van der Waals surface area (Å²) < 4.78 is 0.802.